The zero-order valence-electron chi connectivity index (χ0n) is 10.2. The Hall–Kier alpha value is -0.610. The molecule has 0 aromatic rings. The van der Waals surface area contributed by atoms with Gasteiger partial charge in [-0.25, -0.2) is 0 Å². The zero-order chi connectivity index (χ0) is 12.2. The lowest BCUT2D eigenvalue weighted by molar-refractivity contribution is -0.128. The molecule has 4 heteroatoms. The minimum absolute atomic E-state index is 0.120. The molecular formula is C12H23NO3. The van der Waals surface area contributed by atoms with E-state index in [4.69, 9.17) is 0 Å². The molecule has 0 heterocycles. The third-order valence-electron chi connectivity index (χ3n) is 3.72. The highest BCUT2D eigenvalue weighted by atomic mass is 16.3. The van der Waals surface area contributed by atoms with Gasteiger partial charge in [0.15, 0.2) is 0 Å². The minimum atomic E-state index is -0.806. The number of aliphatic hydroxyl groups is 2. The average molecular weight is 229 g/mol. The number of nitrogens with one attached hydrogen (secondary N) is 1. The maximum absolute atomic E-state index is 11.8. The summed E-state index contributed by atoms with van der Waals surface area (Å²) in [6.07, 6.45) is 3.11. The largest absolute Gasteiger partial charge is 0.392 e. The van der Waals surface area contributed by atoms with Crippen molar-refractivity contribution in [1.29, 1.82) is 0 Å². The predicted molar refractivity (Wildman–Crippen MR) is 61.9 cm³/mol. The summed E-state index contributed by atoms with van der Waals surface area (Å²) in [5.74, 6) is -0.400. The SMILES string of the molecule is CCC(O)(CC)CNC(=O)C1CCCC1O. The van der Waals surface area contributed by atoms with Crippen molar-refractivity contribution in [3.8, 4) is 0 Å². The Balaban J connectivity index is 2.40. The maximum Gasteiger partial charge on any atom is 0.225 e. The first kappa shape index (κ1) is 13.5. The summed E-state index contributed by atoms with van der Waals surface area (Å²) >= 11 is 0. The van der Waals surface area contributed by atoms with Crippen LogP contribution in [0.15, 0.2) is 0 Å². The molecule has 1 fully saturated rings. The molecule has 2 atom stereocenters. The number of carbonyl (C=O) groups excluding carboxylic acids is 1. The normalized spacial score (nSPS) is 25.8. The highest BCUT2D eigenvalue weighted by molar-refractivity contribution is 5.79. The van der Waals surface area contributed by atoms with Crippen LogP contribution in [0.25, 0.3) is 0 Å². The first-order chi connectivity index (χ1) is 7.52. The van der Waals surface area contributed by atoms with Crippen LogP contribution in [0, 0.1) is 5.92 Å². The second kappa shape index (κ2) is 5.64. The molecule has 0 radical (unpaired) electrons. The van der Waals surface area contributed by atoms with Crippen molar-refractivity contribution in [2.24, 2.45) is 5.92 Å². The van der Waals surface area contributed by atoms with E-state index in [1.807, 2.05) is 13.8 Å². The fourth-order valence-electron chi connectivity index (χ4n) is 2.13. The standard InChI is InChI=1S/C12H23NO3/c1-3-12(16,4-2)8-13-11(15)9-6-5-7-10(9)14/h9-10,14,16H,3-8H2,1-2H3,(H,13,15). The number of rotatable bonds is 5. The molecule has 2 unspecified atom stereocenters. The summed E-state index contributed by atoms with van der Waals surface area (Å²) in [7, 11) is 0. The van der Waals surface area contributed by atoms with Crippen LogP contribution in [0.5, 0.6) is 0 Å². The van der Waals surface area contributed by atoms with Crippen molar-refractivity contribution in [2.75, 3.05) is 6.54 Å². The molecule has 0 aromatic carbocycles. The molecule has 0 aliphatic heterocycles. The zero-order valence-corrected chi connectivity index (χ0v) is 10.2. The Bertz CT molecular complexity index is 238. The molecular weight excluding hydrogens is 206 g/mol. The van der Waals surface area contributed by atoms with Crippen molar-refractivity contribution < 1.29 is 15.0 Å². The first-order valence-corrected chi connectivity index (χ1v) is 6.20. The molecule has 3 N–H and O–H groups in total. The number of hydrogen-bond donors (Lipinski definition) is 3. The highest BCUT2D eigenvalue weighted by Gasteiger charge is 2.32. The van der Waals surface area contributed by atoms with Crippen molar-refractivity contribution in [3.63, 3.8) is 0 Å². The summed E-state index contributed by atoms with van der Waals surface area (Å²) in [6.45, 7) is 4.09. The second-order valence-corrected chi connectivity index (χ2v) is 4.75. The Kier molecular flexibility index (Phi) is 4.74. The molecule has 0 bridgehead atoms. The van der Waals surface area contributed by atoms with Crippen LogP contribution in [-0.2, 0) is 4.79 Å². The quantitative estimate of drug-likeness (QED) is 0.653. The minimum Gasteiger partial charge on any atom is -0.392 e. The van der Waals surface area contributed by atoms with E-state index in [2.05, 4.69) is 5.32 Å². The molecule has 1 amide bonds. The average Bonchev–Trinajstić information content (AvgIpc) is 2.72. The Morgan fingerprint density at radius 2 is 2.00 bits per heavy atom. The predicted octanol–water partition coefficient (Wildman–Crippen LogP) is 0.815. The molecule has 1 aliphatic carbocycles. The summed E-state index contributed by atoms with van der Waals surface area (Å²) in [5.41, 5.74) is -0.806. The Morgan fingerprint density at radius 1 is 1.38 bits per heavy atom. The Morgan fingerprint density at radius 3 is 2.44 bits per heavy atom. The molecule has 94 valence electrons. The van der Waals surface area contributed by atoms with Crippen LogP contribution in [0.1, 0.15) is 46.0 Å². The summed E-state index contributed by atoms with van der Waals surface area (Å²) in [5, 5.41) is 22.3. The van der Waals surface area contributed by atoms with Gasteiger partial charge in [-0.3, -0.25) is 4.79 Å². The smallest absolute Gasteiger partial charge is 0.225 e. The van der Waals surface area contributed by atoms with E-state index in [1.54, 1.807) is 0 Å². The van der Waals surface area contributed by atoms with Gasteiger partial charge in [0.2, 0.25) is 5.91 Å². The van der Waals surface area contributed by atoms with Crippen LogP contribution in [-0.4, -0.2) is 34.4 Å². The van der Waals surface area contributed by atoms with Crippen LogP contribution >= 0.6 is 0 Å². The molecule has 1 rings (SSSR count). The van der Waals surface area contributed by atoms with Gasteiger partial charge >= 0.3 is 0 Å². The van der Waals surface area contributed by atoms with Crippen LogP contribution in [0.4, 0.5) is 0 Å². The van der Waals surface area contributed by atoms with Gasteiger partial charge in [0.25, 0.3) is 0 Å². The van der Waals surface area contributed by atoms with Crippen molar-refractivity contribution in [3.05, 3.63) is 0 Å². The summed E-state index contributed by atoms with van der Waals surface area (Å²) in [4.78, 5) is 11.8. The number of aliphatic hydroxyl groups excluding tert-OH is 1. The lowest BCUT2D eigenvalue weighted by atomic mass is 9.97. The summed E-state index contributed by atoms with van der Waals surface area (Å²) < 4.78 is 0. The maximum atomic E-state index is 11.8. The molecule has 0 spiro atoms. The van der Waals surface area contributed by atoms with Crippen LogP contribution in [0.3, 0.4) is 0 Å². The van der Waals surface area contributed by atoms with Gasteiger partial charge in [-0.1, -0.05) is 13.8 Å². The van der Waals surface area contributed by atoms with Gasteiger partial charge in [-0.2, -0.15) is 0 Å². The molecule has 0 saturated heterocycles. The van der Waals surface area contributed by atoms with E-state index in [0.717, 1.165) is 12.8 Å². The summed E-state index contributed by atoms with van der Waals surface area (Å²) in [6, 6.07) is 0. The van der Waals surface area contributed by atoms with E-state index in [-0.39, 0.29) is 18.4 Å². The second-order valence-electron chi connectivity index (χ2n) is 4.75. The van der Waals surface area contributed by atoms with Crippen molar-refractivity contribution in [2.45, 2.75) is 57.7 Å². The van der Waals surface area contributed by atoms with E-state index in [0.29, 0.717) is 19.3 Å². The van der Waals surface area contributed by atoms with E-state index in [1.165, 1.54) is 0 Å². The van der Waals surface area contributed by atoms with E-state index >= 15 is 0 Å². The fraction of sp³-hybridized carbons (Fsp3) is 0.917. The van der Waals surface area contributed by atoms with Crippen LogP contribution in [0.2, 0.25) is 0 Å². The first-order valence-electron chi connectivity index (χ1n) is 6.20. The fourth-order valence-corrected chi connectivity index (χ4v) is 2.13. The number of carbonyl (C=O) groups is 1. The molecule has 1 aliphatic rings. The molecule has 0 aromatic heterocycles. The van der Waals surface area contributed by atoms with E-state index < -0.39 is 11.7 Å². The lowest BCUT2D eigenvalue weighted by Crippen LogP contribution is -2.45. The van der Waals surface area contributed by atoms with Crippen molar-refractivity contribution in [1.82, 2.24) is 5.32 Å². The van der Waals surface area contributed by atoms with Crippen LogP contribution < -0.4 is 5.32 Å². The third-order valence-corrected chi connectivity index (χ3v) is 3.72. The number of hydrogen-bond acceptors (Lipinski definition) is 3. The van der Waals surface area contributed by atoms with Gasteiger partial charge in [0.05, 0.1) is 17.6 Å². The molecule has 16 heavy (non-hydrogen) atoms. The van der Waals surface area contributed by atoms with Gasteiger partial charge in [-0.05, 0) is 32.1 Å². The van der Waals surface area contributed by atoms with Gasteiger partial charge in [-0.15, -0.1) is 0 Å². The van der Waals surface area contributed by atoms with Gasteiger partial charge < -0.3 is 15.5 Å². The van der Waals surface area contributed by atoms with Crippen molar-refractivity contribution >= 4 is 5.91 Å². The molecule has 1 saturated carbocycles. The third kappa shape index (κ3) is 3.19. The highest BCUT2D eigenvalue weighted by Crippen LogP contribution is 2.25. The molecule has 4 nitrogen and oxygen atoms in total. The monoisotopic (exact) mass is 229 g/mol. The topological polar surface area (TPSA) is 69.6 Å². The number of amides is 1. The Labute approximate surface area is 97.0 Å². The van der Waals surface area contributed by atoms with E-state index in [9.17, 15) is 15.0 Å². The lowest BCUT2D eigenvalue weighted by Gasteiger charge is -2.26. The van der Waals surface area contributed by atoms with Gasteiger partial charge in [0, 0.05) is 6.54 Å². The van der Waals surface area contributed by atoms with Gasteiger partial charge in [0.1, 0.15) is 0 Å².